The van der Waals surface area contributed by atoms with Crippen LogP contribution in [0.1, 0.15) is 11.4 Å². The van der Waals surface area contributed by atoms with Crippen LogP contribution in [0.2, 0.25) is 0 Å². The molecule has 1 N–H and O–H groups in total. The van der Waals surface area contributed by atoms with E-state index in [0.29, 0.717) is 28.8 Å². The number of azo groups is 1. The van der Waals surface area contributed by atoms with Gasteiger partial charge in [0.05, 0.1) is 10.6 Å². The maximum Gasteiger partial charge on any atom is 0.430 e. The number of H-pyrrole nitrogens is 1. The maximum atomic E-state index is 10.9. The third kappa shape index (κ3) is 3.19. The molecular weight excluding hydrogens is 396 g/mol. The van der Waals surface area contributed by atoms with Crippen molar-refractivity contribution in [2.45, 2.75) is 13.8 Å². The Balaban J connectivity index is 1.72. The van der Waals surface area contributed by atoms with Gasteiger partial charge >= 0.3 is 11.6 Å². The van der Waals surface area contributed by atoms with Gasteiger partial charge in [-0.15, -0.1) is 19.1 Å². The van der Waals surface area contributed by atoms with E-state index >= 15 is 0 Å². The number of nitrogens with zero attached hydrogens (tertiary/aromatic N) is 7. The van der Waals surface area contributed by atoms with Gasteiger partial charge in [0.25, 0.3) is 5.69 Å². The lowest BCUT2D eigenvalue weighted by Crippen LogP contribution is -2.29. The van der Waals surface area contributed by atoms with Crippen molar-refractivity contribution in [3.8, 4) is 11.3 Å². The molecule has 10 heteroatoms. The fourth-order valence-electron chi connectivity index (χ4n) is 3.46. The minimum Gasteiger partial charge on any atom is -0.258 e. The van der Waals surface area contributed by atoms with Crippen LogP contribution in [0.4, 0.5) is 17.2 Å². The van der Waals surface area contributed by atoms with E-state index in [9.17, 15) is 10.1 Å². The monoisotopic (exact) mass is 413 g/mol. The lowest BCUT2D eigenvalue weighted by Gasteiger charge is -1.98. The van der Waals surface area contributed by atoms with Crippen LogP contribution < -0.4 is 4.52 Å². The molecule has 31 heavy (non-hydrogen) atoms. The molecule has 0 spiro atoms. The predicted octanol–water partition coefficient (Wildman–Crippen LogP) is 4.40. The summed E-state index contributed by atoms with van der Waals surface area (Å²) in [6.45, 7) is 3.91. The Morgan fingerprint density at radius 1 is 1.03 bits per heavy atom. The number of non-ortho nitro benzene ring substituents is 1. The molecule has 5 rings (SSSR count). The van der Waals surface area contributed by atoms with Gasteiger partial charge in [-0.25, -0.2) is 0 Å². The number of aromatic nitrogens is 5. The summed E-state index contributed by atoms with van der Waals surface area (Å²) in [5, 5.41) is 22.9. The van der Waals surface area contributed by atoms with Crippen LogP contribution in [0.3, 0.4) is 0 Å². The Labute approximate surface area is 175 Å². The van der Waals surface area contributed by atoms with E-state index in [1.165, 1.54) is 12.1 Å². The minimum atomic E-state index is -0.450. The molecule has 2 aromatic carbocycles. The molecule has 5 aromatic rings. The van der Waals surface area contributed by atoms with E-state index in [-0.39, 0.29) is 5.69 Å². The van der Waals surface area contributed by atoms with E-state index in [1.807, 2.05) is 59.2 Å². The summed E-state index contributed by atoms with van der Waals surface area (Å²) in [5.74, 6) is 1.73. The molecule has 152 valence electrons. The second-order valence-corrected chi connectivity index (χ2v) is 7.07. The van der Waals surface area contributed by atoms with Crippen molar-refractivity contribution in [2.24, 2.45) is 10.2 Å². The Bertz CT molecular complexity index is 1470. The van der Waals surface area contributed by atoms with Crippen LogP contribution in [-0.4, -0.2) is 24.4 Å². The first-order valence-corrected chi connectivity index (χ1v) is 9.53. The van der Waals surface area contributed by atoms with Crippen LogP contribution in [0.15, 0.2) is 70.9 Å². The molecule has 10 nitrogen and oxygen atoms in total. The summed E-state index contributed by atoms with van der Waals surface area (Å²) in [6, 6.07) is 17.6. The van der Waals surface area contributed by atoms with Crippen molar-refractivity contribution in [1.82, 2.24) is 19.5 Å². The van der Waals surface area contributed by atoms with Crippen LogP contribution >= 0.6 is 0 Å². The second kappa shape index (κ2) is 7.10. The highest BCUT2D eigenvalue weighted by Crippen LogP contribution is 2.32. The normalized spacial score (nSPS) is 11.7. The summed E-state index contributed by atoms with van der Waals surface area (Å²) in [4.78, 5) is 19.8. The molecule has 0 amide bonds. The van der Waals surface area contributed by atoms with Gasteiger partial charge in [0.1, 0.15) is 17.1 Å². The van der Waals surface area contributed by atoms with Gasteiger partial charge in [0.15, 0.2) is 0 Å². The summed E-state index contributed by atoms with van der Waals surface area (Å²) in [5.41, 5.74) is 3.88. The molecule has 0 saturated carbocycles. The van der Waals surface area contributed by atoms with Crippen LogP contribution in [-0.2, 0) is 0 Å². The molecule has 0 radical (unpaired) electrons. The third-order valence-corrected chi connectivity index (χ3v) is 4.88. The van der Waals surface area contributed by atoms with E-state index < -0.39 is 4.92 Å². The number of hydrogen-bond acceptors (Lipinski definition) is 6. The van der Waals surface area contributed by atoms with E-state index in [4.69, 9.17) is 4.98 Å². The number of aryl methyl sites for hydroxylation is 2. The van der Waals surface area contributed by atoms with Crippen molar-refractivity contribution < 1.29 is 9.44 Å². The second-order valence-electron chi connectivity index (χ2n) is 7.07. The molecule has 3 heterocycles. The third-order valence-electron chi connectivity index (χ3n) is 4.88. The SMILES string of the molecule is Cc1cc(C)[n+]2[nH]c3nc(-c4ccccc4)c(N=Nc4ccc([N+](=O)[O-])cc4)n3c2n1. The van der Waals surface area contributed by atoms with E-state index in [0.717, 1.165) is 17.0 Å². The molecule has 0 aliphatic rings. The van der Waals surface area contributed by atoms with Crippen LogP contribution in [0.5, 0.6) is 0 Å². The summed E-state index contributed by atoms with van der Waals surface area (Å²) in [7, 11) is 0. The van der Waals surface area contributed by atoms with Crippen molar-refractivity contribution in [3.63, 3.8) is 0 Å². The number of nitro benzene ring substituents is 1. The fourth-order valence-corrected chi connectivity index (χ4v) is 3.46. The largest absolute Gasteiger partial charge is 0.430 e. The van der Waals surface area contributed by atoms with Gasteiger partial charge in [0.2, 0.25) is 5.82 Å². The van der Waals surface area contributed by atoms with Crippen molar-refractivity contribution in [2.75, 3.05) is 0 Å². The first-order chi connectivity index (χ1) is 15.0. The van der Waals surface area contributed by atoms with E-state index in [1.54, 1.807) is 12.1 Å². The number of nitrogens with one attached hydrogen (secondary N) is 1. The van der Waals surface area contributed by atoms with Crippen molar-refractivity contribution >= 4 is 28.7 Å². The van der Waals surface area contributed by atoms with Gasteiger partial charge in [0, 0.05) is 23.8 Å². The van der Waals surface area contributed by atoms with Gasteiger partial charge in [-0.3, -0.25) is 10.1 Å². The number of benzene rings is 2. The van der Waals surface area contributed by atoms with Gasteiger partial charge in [-0.05, 0) is 26.0 Å². The average molecular weight is 413 g/mol. The number of fused-ring (bicyclic) bond motifs is 3. The van der Waals surface area contributed by atoms with Crippen molar-refractivity contribution in [1.29, 1.82) is 0 Å². The lowest BCUT2D eigenvalue weighted by atomic mass is 10.1. The highest BCUT2D eigenvalue weighted by Gasteiger charge is 2.26. The molecule has 0 bridgehead atoms. The zero-order valence-electron chi connectivity index (χ0n) is 16.7. The van der Waals surface area contributed by atoms with E-state index in [2.05, 4.69) is 20.3 Å². The fraction of sp³-hybridized carbons (Fsp3) is 0.0952. The molecule has 0 unspecified atom stereocenters. The molecule has 0 aliphatic carbocycles. The number of imidazole rings is 1. The van der Waals surface area contributed by atoms with Crippen LogP contribution in [0.25, 0.3) is 22.8 Å². The molecule has 0 fully saturated rings. The summed E-state index contributed by atoms with van der Waals surface area (Å²) < 4.78 is 3.66. The predicted molar refractivity (Wildman–Crippen MR) is 113 cm³/mol. The lowest BCUT2D eigenvalue weighted by molar-refractivity contribution is -0.585. The number of rotatable bonds is 4. The smallest absolute Gasteiger partial charge is 0.258 e. The molecular formula is C21H17N8O2+. The Hall–Kier alpha value is -4.47. The Morgan fingerprint density at radius 3 is 2.48 bits per heavy atom. The molecule has 0 aliphatic heterocycles. The maximum absolute atomic E-state index is 10.9. The number of hydrogen-bond donors (Lipinski definition) is 1. The van der Waals surface area contributed by atoms with Crippen LogP contribution in [0, 0.1) is 24.0 Å². The van der Waals surface area contributed by atoms with Crippen molar-refractivity contribution in [3.05, 3.63) is 82.2 Å². The van der Waals surface area contributed by atoms with Gasteiger partial charge in [-0.1, -0.05) is 35.3 Å². The quantitative estimate of drug-likeness (QED) is 0.203. The summed E-state index contributed by atoms with van der Waals surface area (Å²) in [6.07, 6.45) is 0. The first kappa shape index (κ1) is 18.6. The highest BCUT2D eigenvalue weighted by atomic mass is 16.6. The zero-order valence-corrected chi connectivity index (χ0v) is 16.7. The average Bonchev–Trinajstić information content (AvgIpc) is 3.30. The Morgan fingerprint density at radius 2 is 1.77 bits per heavy atom. The minimum absolute atomic E-state index is 0.00107. The Kier molecular flexibility index (Phi) is 4.25. The number of nitro groups is 1. The highest BCUT2D eigenvalue weighted by molar-refractivity contribution is 5.74. The molecule has 0 saturated heterocycles. The van der Waals surface area contributed by atoms with Gasteiger partial charge in [-0.2, -0.15) is 10.1 Å². The van der Waals surface area contributed by atoms with Gasteiger partial charge < -0.3 is 0 Å². The molecule has 3 aromatic heterocycles. The number of aromatic amines is 1. The summed E-state index contributed by atoms with van der Waals surface area (Å²) >= 11 is 0. The zero-order chi connectivity index (χ0) is 21.5. The first-order valence-electron chi connectivity index (χ1n) is 9.53. The standard InChI is InChI=1S/C21H17N8O2/c1-13-12-14(2)28-21(22-13)27-19(25-24-16-8-10-17(11-9-16)29(30)31)18(23-20(27)26-28)15-6-4-3-5-7-15/h3-12H,1-2H3,(H,23,26)/q+1. The topological polar surface area (TPSA) is 118 Å². The molecule has 0 atom stereocenters.